The molecule has 186 valence electrons. The van der Waals surface area contributed by atoms with Gasteiger partial charge in [0.1, 0.15) is 5.56 Å². The lowest BCUT2D eigenvalue weighted by Crippen LogP contribution is -2.40. The third-order valence-corrected chi connectivity index (χ3v) is 6.26. The van der Waals surface area contributed by atoms with Gasteiger partial charge in [0.25, 0.3) is 0 Å². The lowest BCUT2D eigenvalue weighted by atomic mass is 9.95. The molecule has 2 aromatic carbocycles. The topological polar surface area (TPSA) is 93.5 Å². The van der Waals surface area contributed by atoms with Gasteiger partial charge in [0.15, 0.2) is 0 Å². The smallest absolute Gasteiger partial charge is 0.341 e. The number of rotatable bonds is 7. The minimum absolute atomic E-state index is 0.0396. The van der Waals surface area contributed by atoms with E-state index in [-0.39, 0.29) is 17.7 Å². The van der Waals surface area contributed by atoms with Gasteiger partial charge in [0.05, 0.1) is 24.2 Å². The summed E-state index contributed by atoms with van der Waals surface area (Å²) in [6.07, 6.45) is 6.11. The summed E-state index contributed by atoms with van der Waals surface area (Å²) < 4.78 is 6.73. The normalized spacial score (nSPS) is 14.1. The summed E-state index contributed by atoms with van der Waals surface area (Å²) in [5, 5.41) is 7.31. The second kappa shape index (κ2) is 11.5. The van der Waals surface area contributed by atoms with Crippen LogP contribution >= 0.6 is 0 Å². The summed E-state index contributed by atoms with van der Waals surface area (Å²) in [4.78, 5) is 39.3. The van der Waals surface area contributed by atoms with Crippen molar-refractivity contribution in [2.75, 3.05) is 25.0 Å². The number of nitrogens with zero attached hydrogens (tertiary/aromatic N) is 3. The van der Waals surface area contributed by atoms with Crippen LogP contribution in [0.15, 0.2) is 66.9 Å². The van der Waals surface area contributed by atoms with Crippen LogP contribution in [-0.4, -0.2) is 52.2 Å². The number of carbonyl (C=O) groups excluding carboxylic acids is 3. The second-order valence-corrected chi connectivity index (χ2v) is 8.66. The van der Waals surface area contributed by atoms with Gasteiger partial charge in [-0.15, -0.1) is 0 Å². The van der Waals surface area contributed by atoms with Crippen molar-refractivity contribution in [3.63, 3.8) is 0 Å². The van der Waals surface area contributed by atoms with E-state index >= 15 is 0 Å². The summed E-state index contributed by atoms with van der Waals surface area (Å²) in [5.41, 5.74) is 3.42. The van der Waals surface area contributed by atoms with Crippen LogP contribution in [-0.2, 0) is 14.3 Å². The van der Waals surface area contributed by atoms with Crippen LogP contribution in [0.3, 0.4) is 0 Å². The van der Waals surface area contributed by atoms with E-state index in [2.05, 4.69) is 10.4 Å². The molecule has 0 unspecified atom stereocenters. The maximum Gasteiger partial charge on any atom is 0.341 e. The van der Waals surface area contributed by atoms with Crippen LogP contribution < -0.4 is 5.32 Å². The maximum absolute atomic E-state index is 12.9. The third kappa shape index (κ3) is 5.89. The lowest BCUT2D eigenvalue weighted by Gasteiger charge is -2.30. The maximum atomic E-state index is 12.9. The molecule has 1 aliphatic heterocycles. The standard InChI is InChI=1S/C28H30N4O4/c1-3-36-28(35)25-19-29-32(20(25)2)24-11-7-10-23(18-24)30-27(34)22-14-16-31(17-15-22)26(33)13-12-21-8-5-4-6-9-21/h4-13,18-19,22H,3,14-17H2,1-2H3,(H,30,34)/b13-12+. The largest absolute Gasteiger partial charge is 0.462 e. The summed E-state index contributed by atoms with van der Waals surface area (Å²) in [6, 6.07) is 17.0. The molecule has 0 radical (unpaired) electrons. The molecule has 1 aromatic heterocycles. The Morgan fingerprint density at radius 1 is 1.08 bits per heavy atom. The van der Waals surface area contributed by atoms with Crippen LogP contribution in [0.1, 0.15) is 41.4 Å². The Hall–Kier alpha value is -4.20. The van der Waals surface area contributed by atoms with Crippen molar-refractivity contribution < 1.29 is 19.1 Å². The van der Waals surface area contributed by atoms with Crippen LogP contribution in [0.2, 0.25) is 0 Å². The average Bonchev–Trinajstić information content (AvgIpc) is 3.29. The van der Waals surface area contributed by atoms with E-state index in [4.69, 9.17) is 4.74 Å². The van der Waals surface area contributed by atoms with Gasteiger partial charge in [-0.1, -0.05) is 36.4 Å². The molecule has 2 amide bonds. The molecule has 2 heterocycles. The fourth-order valence-electron chi connectivity index (χ4n) is 4.24. The number of carbonyl (C=O) groups is 3. The van der Waals surface area contributed by atoms with Gasteiger partial charge < -0.3 is 15.0 Å². The predicted octanol–water partition coefficient (Wildman–Crippen LogP) is 4.25. The fraction of sp³-hybridized carbons (Fsp3) is 0.286. The molecular weight excluding hydrogens is 456 g/mol. The van der Waals surface area contributed by atoms with Gasteiger partial charge in [0.2, 0.25) is 11.8 Å². The molecule has 4 rings (SSSR count). The highest BCUT2D eigenvalue weighted by molar-refractivity contribution is 5.94. The van der Waals surface area contributed by atoms with Crippen LogP contribution in [0.5, 0.6) is 0 Å². The third-order valence-electron chi connectivity index (χ3n) is 6.26. The highest BCUT2D eigenvalue weighted by Crippen LogP contribution is 2.22. The van der Waals surface area contributed by atoms with Crippen LogP contribution in [0.4, 0.5) is 5.69 Å². The van der Waals surface area contributed by atoms with Crippen LogP contribution in [0, 0.1) is 12.8 Å². The first-order chi connectivity index (χ1) is 17.5. The van der Waals surface area contributed by atoms with Gasteiger partial charge in [0, 0.05) is 30.8 Å². The van der Waals surface area contributed by atoms with Gasteiger partial charge in [-0.2, -0.15) is 5.10 Å². The monoisotopic (exact) mass is 486 g/mol. The molecule has 8 heteroatoms. The number of likely N-dealkylation sites (tertiary alicyclic amines) is 1. The van der Waals surface area contributed by atoms with E-state index in [1.165, 1.54) is 6.20 Å². The van der Waals surface area contributed by atoms with Gasteiger partial charge in [-0.05, 0) is 56.5 Å². The van der Waals surface area contributed by atoms with Crippen molar-refractivity contribution >= 4 is 29.5 Å². The summed E-state index contributed by atoms with van der Waals surface area (Å²) in [5.74, 6) is -0.686. The quantitative estimate of drug-likeness (QED) is 0.398. The zero-order valence-electron chi connectivity index (χ0n) is 20.5. The Morgan fingerprint density at radius 3 is 2.56 bits per heavy atom. The van der Waals surface area contributed by atoms with Crippen LogP contribution in [0.25, 0.3) is 11.8 Å². The second-order valence-electron chi connectivity index (χ2n) is 8.66. The molecule has 0 atom stereocenters. The number of nitrogens with one attached hydrogen (secondary N) is 1. The highest BCUT2D eigenvalue weighted by Gasteiger charge is 2.26. The zero-order valence-corrected chi connectivity index (χ0v) is 20.5. The molecule has 1 fully saturated rings. The predicted molar refractivity (Wildman–Crippen MR) is 138 cm³/mol. The molecule has 36 heavy (non-hydrogen) atoms. The minimum Gasteiger partial charge on any atom is -0.462 e. The molecule has 3 aromatic rings. The van der Waals surface area contributed by atoms with Crippen molar-refractivity contribution in [1.29, 1.82) is 0 Å². The molecular formula is C28H30N4O4. The van der Waals surface area contributed by atoms with Gasteiger partial charge >= 0.3 is 5.97 Å². The van der Waals surface area contributed by atoms with Crippen molar-refractivity contribution in [3.05, 3.63) is 83.7 Å². The summed E-state index contributed by atoms with van der Waals surface area (Å²) >= 11 is 0. The molecule has 1 N–H and O–H groups in total. The van der Waals surface area contributed by atoms with E-state index in [1.54, 1.807) is 29.5 Å². The molecule has 0 saturated carbocycles. The fourth-order valence-corrected chi connectivity index (χ4v) is 4.24. The Morgan fingerprint density at radius 2 is 1.83 bits per heavy atom. The SMILES string of the molecule is CCOC(=O)c1cnn(-c2cccc(NC(=O)C3CCN(C(=O)/C=C/c4ccccc4)CC3)c2)c1C. The summed E-state index contributed by atoms with van der Waals surface area (Å²) in [7, 11) is 0. The number of aromatic nitrogens is 2. The first-order valence-corrected chi connectivity index (χ1v) is 12.1. The molecule has 8 nitrogen and oxygen atoms in total. The van der Waals surface area contributed by atoms with E-state index in [9.17, 15) is 14.4 Å². The number of hydrogen-bond acceptors (Lipinski definition) is 5. The van der Waals surface area contributed by atoms with Gasteiger partial charge in [-0.25, -0.2) is 9.48 Å². The molecule has 0 bridgehead atoms. The molecule has 1 saturated heterocycles. The first-order valence-electron chi connectivity index (χ1n) is 12.1. The Labute approximate surface area is 210 Å². The number of anilines is 1. The first kappa shape index (κ1) is 24.9. The number of esters is 1. The molecule has 1 aliphatic rings. The number of hydrogen-bond donors (Lipinski definition) is 1. The van der Waals surface area contributed by atoms with Crippen molar-refractivity contribution in [2.24, 2.45) is 5.92 Å². The zero-order chi connectivity index (χ0) is 25.5. The molecule has 0 spiro atoms. The van der Waals surface area contributed by atoms with Crippen molar-refractivity contribution in [3.8, 4) is 5.69 Å². The van der Waals surface area contributed by atoms with E-state index in [0.717, 1.165) is 11.3 Å². The van der Waals surface area contributed by atoms with E-state index in [0.29, 0.717) is 49.5 Å². The highest BCUT2D eigenvalue weighted by atomic mass is 16.5. The molecule has 0 aliphatic carbocycles. The average molecular weight is 487 g/mol. The minimum atomic E-state index is -0.411. The summed E-state index contributed by atoms with van der Waals surface area (Å²) in [6.45, 7) is 4.93. The number of piperidine rings is 1. The number of ether oxygens (including phenoxy) is 1. The Kier molecular flexibility index (Phi) is 7.95. The van der Waals surface area contributed by atoms with E-state index < -0.39 is 5.97 Å². The van der Waals surface area contributed by atoms with Crippen molar-refractivity contribution in [1.82, 2.24) is 14.7 Å². The van der Waals surface area contributed by atoms with Gasteiger partial charge in [-0.3, -0.25) is 9.59 Å². The van der Waals surface area contributed by atoms with Crippen molar-refractivity contribution in [2.45, 2.75) is 26.7 Å². The Bertz CT molecular complexity index is 1260. The number of amides is 2. The Balaban J connectivity index is 1.34. The lowest BCUT2D eigenvalue weighted by molar-refractivity contribution is -0.130. The van der Waals surface area contributed by atoms with E-state index in [1.807, 2.05) is 60.7 Å². The number of benzene rings is 2.